The van der Waals surface area contributed by atoms with E-state index < -0.39 is 0 Å². The normalized spacial score (nSPS) is 51.1. The van der Waals surface area contributed by atoms with Crippen molar-refractivity contribution in [3.63, 3.8) is 0 Å². The molecule has 2 nitrogen and oxygen atoms in total. The molecule has 4 saturated carbocycles. The van der Waals surface area contributed by atoms with Gasteiger partial charge in [-0.15, -0.1) is 0 Å². The van der Waals surface area contributed by atoms with Gasteiger partial charge in [-0.2, -0.15) is 0 Å². The van der Waals surface area contributed by atoms with E-state index in [4.69, 9.17) is 0 Å². The summed E-state index contributed by atoms with van der Waals surface area (Å²) in [5.74, 6) is 4.90. The summed E-state index contributed by atoms with van der Waals surface area (Å²) in [5.41, 5.74) is -0.0911. The molecule has 0 unspecified atom stereocenters. The first-order valence-corrected chi connectivity index (χ1v) is 11.6. The van der Waals surface area contributed by atoms with E-state index in [1.807, 2.05) is 6.92 Å². The number of carbonyl (C=O) groups excluding carboxylic acids is 1. The average molecular weight is 361 g/mol. The molecule has 0 aromatic heterocycles. The van der Waals surface area contributed by atoms with Crippen molar-refractivity contribution in [2.45, 2.75) is 103 Å². The number of rotatable bonds is 3. The number of carbonyl (C=O) groups is 1. The molecule has 4 rings (SSSR count). The standard InChI is InChI=1S/C24H40O2/c1-4-12-24(26)14-11-18-17(15-24)8-9-20-19(18)10-13-23(3)21(16(2)25)6-5-7-22(20)23/h17-22,26H,4-15H2,1-3H3/t17-,18-,19+,20+,21+,22-,23+,24+/m0/s1. The zero-order chi connectivity index (χ0) is 18.5. The van der Waals surface area contributed by atoms with Gasteiger partial charge in [0.05, 0.1) is 5.60 Å². The first-order valence-electron chi connectivity index (χ1n) is 11.6. The third-order valence-electron chi connectivity index (χ3n) is 9.55. The molecule has 0 aromatic rings. The molecule has 1 N–H and O–H groups in total. The summed E-state index contributed by atoms with van der Waals surface area (Å²) in [6, 6.07) is 0. The van der Waals surface area contributed by atoms with Crippen molar-refractivity contribution >= 4 is 5.78 Å². The predicted molar refractivity (Wildman–Crippen MR) is 106 cm³/mol. The Kier molecular flexibility index (Phi) is 5.04. The predicted octanol–water partition coefficient (Wildman–Crippen LogP) is 5.77. The molecule has 0 amide bonds. The van der Waals surface area contributed by atoms with Crippen LogP contribution in [-0.2, 0) is 4.79 Å². The van der Waals surface area contributed by atoms with Gasteiger partial charge in [-0.05, 0) is 106 Å². The van der Waals surface area contributed by atoms with Crippen LogP contribution in [0, 0.1) is 40.9 Å². The van der Waals surface area contributed by atoms with Crippen LogP contribution in [-0.4, -0.2) is 16.5 Å². The molecule has 4 fully saturated rings. The Balaban J connectivity index is 1.52. The minimum Gasteiger partial charge on any atom is -0.390 e. The highest BCUT2D eigenvalue weighted by Crippen LogP contribution is 2.63. The Morgan fingerprint density at radius 1 is 1.00 bits per heavy atom. The van der Waals surface area contributed by atoms with Gasteiger partial charge in [0.25, 0.3) is 0 Å². The zero-order valence-electron chi connectivity index (χ0n) is 17.3. The van der Waals surface area contributed by atoms with Gasteiger partial charge in [-0.3, -0.25) is 4.79 Å². The van der Waals surface area contributed by atoms with Gasteiger partial charge in [-0.1, -0.05) is 26.7 Å². The smallest absolute Gasteiger partial charge is 0.133 e. The number of fused-ring (bicyclic) bond motifs is 5. The summed E-state index contributed by atoms with van der Waals surface area (Å²) in [6.07, 6.45) is 14.5. The topological polar surface area (TPSA) is 37.3 Å². The lowest BCUT2D eigenvalue weighted by Crippen LogP contribution is -2.54. The minimum absolute atomic E-state index is 0.274. The first-order chi connectivity index (χ1) is 12.4. The molecular weight excluding hydrogens is 320 g/mol. The summed E-state index contributed by atoms with van der Waals surface area (Å²) in [7, 11) is 0. The lowest BCUT2D eigenvalue weighted by molar-refractivity contribution is -0.147. The molecule has 0 bridgehead atoms. The van der Waals surface area contributed by atoms with Gasteiger partial charge in [0.15, 0.2) is 0 Å². The van der Waals surface area contributed by atoms with E-state index in [9.17, 15) is 9.90 Å². The van der Waals surface area contributed by atoms with Crippen molar-refractivity contribution in [2.24, 2.45) is 40.9 Å². The van der Waals surface area contributed by atoms with E-state index in [1.54, 1.807) is 0 Å². The third kappa shape index (κ3) is 2.99. The second kappa shape index (κ2) is 6.90. The van der Waals surface area contributed by atoms with Crippen LogP contribution >= 0.6 is 0 Å². The van der Waals surface area contributed by atoms with Crippen LogP contribution in [0.4, 0.5) is 0 Å². The van der Waals surface area contributed by atoms with Gasteiger partial charge in [-0.25, -0.2) is 0 Å². The van der Waals surface area contributed by atoms with Crippen LogP contribution < -0.4 is 0 Å². The maximum atomic E-state index is 12.4. The van der Waals surface area contributed by atoms with Gasteiger partial charge in [0, 0.05) is 5.92 Å². The Morgan fingerprint density at radius 3 is 2.50 bits per heavy atom. The summed E-state index contributed by atoms with van der Waals surface area (Å²) >= 11 is 0. The van der Waals surface area contributed by atoms with E-state index in [-0.39, 0.29) is 11.0 Å². The number of hydrogen-bond acceptors (Lipinski definition) is 2. The van der Waals surface area contributed by atoms with E-state index in [1.165, 1.54) is 44.9 Å². The van der Waals surface area contributed by atoms with E-state index in [2.05, 4.69) is 13.8 Å². The molecular formula is C24H40O2. The van der Waals surface area contributed by atoms with Gasteiger partial charge in [0.1, 0.15) is 5.78 Å². The molecule has 148 valence electrons. The third-order valence-corrected chi connectivity index (χ3v) is 9.55. The van der Waals surface area contributed by atoms with Crippen LogP contribution in [0.15, 0.2) is 0 Å². The first kappa shape index (κ1) is 19.0. The molecule has 4 aliphatic rings. The average Bonchev–Trinajstić information content (AvgIpc) is 2.59. The van der Waals surface area contributed by atoms with Gasteiger partial charge >= 0.3 is 0 Å². The Hall–Kier alpha value is -0.370. The molecule has 8 atom stereocenters. The summed E-state index contributed by atoms with van der Waals surface area (Å²) in [4.78, 5) is 12.4. The Labute approximate surface area is 160 Å². The number of ketones is 1. The Bertz CT molecular complexity index is 542. The summed E-state index contributed by atoms with van der Waals surface area (Å²) in [5, 5.41) is 11.0. The van der Waals surface area contributed by atoms with Crippen LogP contribution in [0.2, 0.25) is 0 Å². The van der Waals surface area contributed by atoms with E-state index >= 15 is 0 Å². The molecule has 26 heavy (non-hydrogen) atoms. The fourth-order valence-corrected chi connectivity index (χ4v) is 8.52. The van der Waals surface area contributed by atoms with Gasteiger partial charge < -0.3 is 5.11 Å². The lowest BCUT2D eigenvalue weighted by Gasteiger charge is -2.60. The quantitative estimate of drug-likeness (QED) is 0.694. The monoisotopic (exact) mass is 360 g/mol. The van der Waals surface area contributed by atoms with E-state index in [0.29, 0.717) is 11.7 Å². The van der Waals surface area contributed by atoms with Crippen molar-refractivity contribution in [1.29, 1.82) is 0 Å². The van der Waals surface area contributed by atoms with Crippen LogP contribution in [0.1, 0.15) is 97.8 Å². The molecule has 0 aromatic carbocycles. The highest BCUT2D eigenvalue weighted by Gasteiger charge is 2.56. The second-order valence-corrected chi connectivity index (χ2v) is 10.8. The fraction of sp³-hybridized carbons (Fsp3) is 0.958. The molecule has 0 aliphatic heterocycles. The molecule has 0 heterocycles. The molecule has 0 radical (unpaired) electrons. The van der Waals surface area contributed by atoms with E-state index in [0.717, 1.165) is 61.7 Å². The highest BCUT2D eigenvalue weighted by molar-refractivity contribution is 5.79. The SMILES string of the molecule is CCC[C@@]1(O)CC[C@H]2[C@@H](CC[C@@H]3[C@@H]2CC[C@]2(C)[C@@H](C(C)=O)CCC[C@@H]32)C1. The number of Topliss-reactive ketones (excluding diaryl/α,β-unsaturated/α-hetero) is 1. The number of hydrogen-bond donors (Lipinski definition) is 1. The van der Waals surface area contributed by atoms with Crippen LogP contribution in [0.3, 0.4) is 0 Å². The van der Waals surface area contributed by atoms with Crippen LogP contribution in [0.25, 0.3) is 0 Å². The van der Waals surface area contributed by atoms with Crippen molar-refractivity contribution in [3.8, 4) is 0 Å². The Morgan fingerprint density at radius 2 is 1.77 bits per heavy atom. The second-order valence-electron chi connectivity index (χ2n) is 10.8. The van der Waals surface area contributed by atoms with Crippen molar-refractivity contribution in [3.05, 3.63) is 0 Å². The summed E-state index contributed by atoms with van der Waals surface area (Å²) < 4.78 is 0. The minimum atomic E-state index is -0.365. The fourth-order valence-electron chi connectivity index (χ4n) is 8.52. The van der Waals surface area contributed by atoms with Crippen molar-refractivity contribution in [1.82, 2.24) is 0 Å². The summed E-state index contributed by atoms with van der Waals surface area (Å²) in [6.45, 7) is 6.51. The molecule has 0 saturated heterocycles. The van der Waals surface area contributed by atoms with Crippen molar-refractivity contribution in [2.75, 3.05) is 0 Å². The van der Waals surface area contributed by atoms with Crippen LogP contribution in [0.5, 0.6) is 0 Å². The highest BCUT2D eigenvalue weighted by atomic mass is 16.3. The zero-order valence-corrected chi connectivity index (χ0v) is 17.3. The van der Waals surface area contributed by atoms with Crippen molar-refractivity contribution < 1.29 is 9.90 Å². The number of aliphatic hydroxyl groups is 1. The maximum absolute atomic E-state index is 12.4. The largest absolute Gasteiger partial charge is 0.390 e. The maximum Gasteiger partial charge on any atom is 0.133 e. The van der Waals surface area contributed by atoms with Gasteiger partial charge in [0.2, 0.25) is 0 Å². The molecule has 2 heteroatoms. The molecule has 0 spiro atoms. The molecule has 4 aliphatic carbocycles. The lowest BCUT2D eigenvalue weighted by atomic mass is 9.44.